The van der Waals surface area contributed by atoms with Crippen molar-refractivity contribution in [2.75, 3.05) is 0 Å². The molecule has 1 aromatic heterocycles. The van der Waals surface area contributed by atoms with Crippen molar-refractivity contribution >= 4 is 11.3 Å². The highest BCUT2D eigenvalue weighted by Crippen LogP contribution is 2.12. The molecule has 1 aromatic rings. The van der Waals surface area contributed by atoms with Gasteiger partial charge in [0.15, 0.2) is 0 Å². The smallest absolute Gasteiger partial charge is 0.110 e. The Hall–Kier alpha value is -0.850. The fraction of sp³-hybridized carbons (Fsp3) is 0.286. The molecule has 0 saturated heterocycles. The molecule has 1 unspecified atom stereocenters. The summed E-state index contributed by atoms with van der Waals surface area (Å²) in [5, 5.41) is 2.89. The lowest BCUT2D eigenvalue weighted by molar-refractivity contribution is 0.898. The number of terminal acetylenes is 1. The van der Waals surface area contributed by atoms with E-state index in [4.69, 9.17) is 12.2 Å². The minimum atomic E-state index is -0.343. The fourth-order valence-electron chi connectivity index (χ4n) is 0.608. The number of nitrogens with two attached hydrogens (primary N) is 1. The Labute approximate surface area is 64.1 Å². The Morgan fingerprint density at radius 2 is 2.60 bits per heavy atom. The van der Waals surface area contributed by atoms with Crippen LogP contribution < -0.4 is 5.73 Å². The van der Waals surface area contributed by atoms with E-state index in [2.05, 4.69) is 10.9 Å². The Morgan fingerprint density at radius 1 is 1.90 bits per heavy atom. The first-order valence-electron chi connectivity index (χ1n) is 2.88. The van der Waals surface area contributed by atoms with E-state index in [1.807, 2.05) is 12.3 Å². The van der Waals surface area contributed by atoms with Gasteiger partial charge in [-0.1, -0.05) is 5.92 Å². The van der Waals surface area contributed by atoms with Crippen molar-refractivity contribution in [1.82, 2.24) is 4.98 Å². The average Bonchev–Trinajstić information content (AvgIpc) is 2.34. The maximum Gasteiger partial charge on any atom is 0.110 e. The van der Waals surface area contributed by atoms with Gasteiger partial charge in [-0.15, -0.1) is 17.8 Å². The van der Waals surface area contributed by atoms with Gasteiger partial charge in [0.1, 0.15) is 6.04 Å². The molecule has 0 fully saturated rings. The summed E-state index contributed by atoms with van der Waals surface area (Å²) < 4.78 is 0. The zero-order valence-corrected chi connectivity index (χ0v) is 6.48. The number of hydrogen-bond acceptors (Lipinski definition) is 3. The third kappa shape index (κ3) is 1.35. The standard InChI is InChI=1S/C7H8N2S/c1-3-6(8)7-4-10-5(2)9-7/h1,4,6H,8H2,2H3. The van der Waals surface area contributed by atoms with Crippen LogP contribution in [0.25, 0.3) is 0 Å². The SMILES string of the molecule is C#CC(N)c1csc(C)n1. The van der Waals surface area contributed by atoms with E-state index in [-0.39, 0.29) is 6.04 Å². The molecule has 52 valence electrons. The predicted octanol–water partition coefficient (Wildman–Crippen LogP) is 1.08. The van der Waals surface area contributed by atoms with Crippen LogP contribution in [-0.2, 0) is 0 Å². The molecule has 0 spiro atoms. The highest BCUT2D eigenvalue weighted by Gasteiger charge is 2.03. The number of aromatic nitrogens is 1. The molecule has 1 atom stereocenters. The summed E-state index contributed by atoms with van der Waals surface area (Å²) in [6.45, 7) is 1.93. The molecular weight excluding hydrogens is 144 g/mol. The van der Waals surface area contributed by atoms with Crippen molar-refractivity contribution in [3.63, 3.8) is 0 Å². The van der Waals surface area contributed by atoms with Crippen molar-refractivity contribution in [2.45, 2.75) is 13.0 Å². The zero-order valence-electron chi connectivity index (χ0n) is 5.66. The first-order chi connectivity index (χ1) is 4.74. The molecule has 0 saturated carbocycles. The van der Waals surface area contributed by atoms with Crippen molar-refractivity contribution in [3.8, 4) is 12.3 Å². The van der Waals surface area contributed by atoms with E-state index in [9.17, 15) is 0 Å². The third-order valence-electron chi connectivity index (χ3n) is 1.13. The van der Waals surface area contributed by atoms with Crippen molar-refractivity contribution < 1.29 is 0 Å². The lowest BCUT2D eigenvalue weighted by atomic mass is 10.3. The Morgan fingerprint density at radius 3 is 3.00 bits per heavy atom. The largest absolute Gasteiger partial charge is 0.313 e. The number of aryl methyl sites for hydroxylation is 1. The molecule has 0 aliphatic heterocycles. The van der Waals surface area contributed by atoms with Crippen LogP contribution in [0.2, 0.25) is 0 Å². The Kier molecular flexibility index (Phi) is 2.05. The minimum Gasteiger partial charge on any atom is -0.313 e. The molecule has 2 nitrogen and oxygen atoms in total. The van der Waals surface area contributed by atoms with Gasteiger partial charge in [0.05, 0.1) is 10.7 Å². The van der Waals surface area contributed by atoms with E-state index >= 15 is 0 Å². The maximum atomic E-state index is 5.52. The van der Waals surface area contributed by atoms with Crippen LogP contribution in [0.3, 0.4) is 0 Å². The van der Waals surface area contributed by atoms with Gasteiger partial charge in [-0.3, -0.25) is 0 Å². The van der Waals surface area contributed by atoms with Crippen molar-refractivity contribution in [2.24, 2.45) is 5.73 Å². The van der Waals surface area contributed by atoms with Gasteiger partial charge >= 0.3 is 0 Å². The summed E-state index contributed by atoms with van der Waals surface area (Å²) >= 11 is 1.56. The van der Waals surface area contributed by atoms with Crippen molar-refractivity contribution in [3.05, 3.63) is 16.1 Å². The third-order valence-corrected chi connectivity index (χ3v) is 1.93. The average molecular weight is 152 g/mol. The highest BCUT2D eigenvalue weighted by molar-refractivity contribution is 7.09. The highest BCUT2D eigenvalue weighted by atomic mass is 32.1. The van der Waals surface area contributed by atoms with Crippen LogP contribution in [0.1, 0.15) is 16.7 Å². The summed E-state index contributed by atoms with van der Waals surface area (Å²) in [6, 6.07) is -0.343. The summed E-state index contributed by atoms with van der Waals surface area (Å²) in [7, 11) is 0. The van der Waals surface area contributed by atoms with Gasteiger partial charge in [-0.2, -0.15) is 0 Å². The summed E-state index contributed by atoms with van der Waals surface area (Å²) in [5.74, 6) is 2.42. The second-order valence-corrected chi connectivity index (χ2v) is 3.00. The molecule has 0 bridgehead atoms. The van der Waals surface area contributed by atoms with Crippen LogP contribution in [0.15, 0.2) is 5.38 Å². The number of rotatable bonds is 1. The lowest BCUT2D eigenvalue weighted by Gasteiger charge is -1.95. The number of thiazole rings is 1. The summed E-state index contributed by atoms with van der Waals surface area (Å²) in [4.78, 5) is 4.13. The summed E-state index contributed by atoms with van der Waals surface area (Å²) in [5.41, 5.74) is 6.31. The van der Waals surface area contributed by atoms with E-state index in [1.165, 1.54) is 0 Å². The molecule has 3 heteroatoms. The monoisotopic (exact) mass is 152 g/mol. The van der Waals surface area contributed by atoms with Gasteiger partial charge in [-0.25, -0.2) is 4.98 Å². The molecule has 0 aliphatic carbocycles. The molecule has 0 aromatic carbocycles. The first kappa shape index (κ1) is 7.26. The van der Waals surface area contributed by atoms with E-state index in [0.717, 1.165) is 10.7 Å². The predicted molar refractivity (Wildman–Crippen MR) is 42.6 cm³/mol. The molecule has 0 amide bonds. The van der Waals surface area contributed by atoms with Crippen LogP contribution >= 0.6 is 11.3 Å². The molecule has 2 N–H and O–H groups in total. The number of hydrogen-bond donors (Lipinski definition) is 1. The minimum absolute atomic E-state index is 0.343. The van der Waals surface area contributed by atoms with E-state index in [1.54, 1.807) is 11.3 Å². The second-order valence-electron chi connectivity index (χ2n) is 1.94. The Bertz CT molecular complexity index is 259. The fourth-order valence-corrected chi connectivity index (χ4v) is 1.26. The van der Waals surface area contributed by atoms with Crippen molar-refractivity contribution in [1.29, 1.82) is 0 Å². The van der Waals surface area contributed by atoms with Gasteiger partial charge < -0.3 is 5.73 Å². The molecular formula is C7H8N2S. The van der Waals surface area contributed by atoms with Gasteiger partial charge in [0.2, 0.25) is 0 Å². The van der Waals surface area contributed by atoms with E-state index in [0.29, 0.717) is 0 Å². The first-order valence-corrected chi connectivity index (χ1v) is 3.75. The Balaban J connectivity index is 2.87. The number of nitrogens with zero attached hydrogens (tertiary/aromatic N) is 1. The van der Waals surface area contributed by atoms with E-state index < -0.39 is 0 Å². The second kappa shape index (κ2) is 2.82. The van der Waals surface area contributed by atoms with Gasteiger partial charge in [-0.05, 0) is 6.92 Å². The molecule has 0 radical (unpaired) electrons. The van der Waals surface area contributed by atoms with Crippen LogP contribution in [-0.4, -0.2) is 4.98 Å². The van der Waals surface area contributed by atoms with Gasteiger partial charge in [0, 0.05) is 5.38 Å². The summed E-state index contributed by atoms with van der Waals surface area (Å²) in [6.07, 6.45) is 5.10. The molecule has 1 rings (SSSR count). The molecule has 0 aliphatic rings. The maximum absolute atomic E-state index is 5.52. The molecule has 10 heavy (non-hydrogen) atoms. The normalized spacial score (nSPS) is 12.5. The lowest BCUT2D eigenvalue weighted by Crippen LogP contribution is -2.07. The molecule has 1 heterocycles. The zero-order chi connectivity index (χ0) is 7.56. The van der Waals surface area contributed by atoms with Gasteiger partial charge in [0.25, 0.3) is 0 Å². The quantitative estimate of drug-likeness (QED) is 0.612. The topological polar surface area (TPSA) is 38.9 Å². The van der Waals surface area contributed by atoms with Crippen LogP contribution in [0.5, 0.6) is 0 Å². The van der Waals surface area contributed by atoms with Crippen LogP contribution in [0, 0.1) is 19.3 Å². The van der Waals surface area contributed by atoms with Crippen LogP contribution in [0.4, 0.5) is 0 Å².